The zero-order chi connectivity index (χ0) is 13.4. The molecule has 3 rings (SSSR count). The molecular weight excluding hydrogens is 262 g/mol. The fourth-order valence-corrected chi connectivity index (χ4v) is 2.31. The number of benzene rings is 1. The summed E-state index contributed by atoms with van der Waals surface area (Å²) in [5.41, 5.74) is 8.28. The number of nitrogens with zero attached hydrogens (tertiary/aromatic N) is 4. The minimum atomic E-state index is 0.591. The molecular formula is C13H14ClN5. The van der Waals surface area contributed by atoms with Crippen LogP contribution in [0.15, 0.2) is 30.7 Å². The summed E-state index contributed by atoms with van der Waals surface area (Å²) in [4.78, 5) is 8.97. The van der Waals surface area contributed by atoms with Gasteiger partial charge in [-0.3, -0.25) is 0 Å². The summed E-state index contributed by atoms with van der Waals surface area (Å²) in [7, 11) is 1.96. The first kappa shape index (κ1) is 12.2. The normalized spacial score (nSPS) is 11.3. The van der Waals surface area contributed by atoms with Gasteiger partial charge in [-0.15, -0.1) is 0 Å². The van der Waals surface area contributed by atoms with E-state index in [1.165, 1.54) is 0 Å². The van der Waals surface area contributed by atoms with Gasteiger partial charge in [-0.2, -0.15) is 0 Å². The third kappa shape index (κ3) is 2.11. The number of fused-ring (bicyclic) bond motifs is 1. The molecule has 5 nitrogen and oxygen atoms in total. The fourth-order valence-electron chi connectivity index (χ4n) is 2.14. The highest BCUT2D eigenvalue weighted by atomic mass is 35.5. The molecule has 0 aliphatic rings. The van der Waals surface area contributed by atoms with E-state index in [-0.39, 0.29) is 0 Å². The Bertz CT molecular complexity index is 728. The van der Waals surface area contributed by atoms with Gasteiger partial charge in [0.15, 0.2) is 5.82 Å². The molecule has 0 aliphatic heterocycles. The fraction of sp³-hybridized carbons (Fsp3) is 0.231. The van der Waals surface area contributed by atoms with E-state index in [1.54, 1.807) is 6.33 Å². The Morgan fingerprint density at radius 3 is 3.00 bits per heavy atom. The molecule has 2 aromatic heterocycles. The third-order valence-corrected chi connectivity index (χ3v) is 3.33. The van der Waals surface area contributed by atoms with Crippen molar-refractivity contribution < 1.29 is 0 Å². The number of aryl methyl sites for hydroxylation is 1. The van der Waals surface area contributed by atoms with E-state index in [0.29, 0.717) is 11.6 Å². The molecule has 0 aliphatic carbocycles. The molecule has 1 aromatic carbocycles. The molecule has 0 fully saturated rings. The Labute approximate surface area is 115 Å². The number of imidazole rings is 2. The van der Waals surface area contributed by atoms with Gasteiger partial charge in [0.2, 0.25) is 0 Å². The summed E-state index contributed by atoms with van der Waals surface area (Å²) in [6.45, 7) is 1.34. The minimum absolute atomic E-state index is 0.591. The predicted molar refractivity (Wildman–Crippen MR) is 76.0 cm³/mol. The molecule has 0 saturated heterocycles. The zero-order valence-electron chi connectivity index (χ0n) is 10.5. The molecule has 0 atom stereocenters. The van der Waals surface area contributed by atoms with Crippen LogP contribution in [0.1, 0.15) is 0 Å². The predicted octanol–water partition coefficient (Wildman–Crippen LogP) is 2.05. The van der Waals surface area contributed by atoms with Gasteiger partial charge in [-0.05, 0) is 18.2 Å². The maximum absolute atomic E-state index is 6.02. The number of aromatic nitrogens is 4. The standard InChI is InChI=1S/C13H14ClN5/c1-18-12-6-9(14)2-3-10(12)17-13(18)11-7-19(5-4-15)8-16-11/h2-3,6-8H,4-5,15H2,1H3. The van der Waals surface area contributed by atoms with Gasteiger partial charge in [0.1, 0.15) is 5.69 Å². The van der Waals surface area contributed by atoms with Crippen LogP contribution >= 0.6 is 11.6 Å². The van der Waals surface area contributed by atoms with Gasteiger partial charge in [-0.1, -0.05) is 11.6 Å². The van der Waals surface area contributed by atoms with Gasteiger partial charge in [0.25, 0.3) is 0 Å². The van der Waals surface area contributed by atoms with Crippen molar-refractivity contribution in [1.82, 2.24) is 19.1 Å². The zero-order valence-corrected chi connectivity index (χ0v) is 11.3. The monoisotopic (exact) mass is 275 g/mol. The van der Waals surface area contributed by atoms with Crippen LogP contribution in [-0.2, 0) is 13.6 Å². The molecule has 0 radical (unpaired) electrons. The lowest BCUT2D eigenvalue weighted by molar-refractivity contribution is 0.708. The number of halogens is 1. The van der Waals surface area contributed by atoms with E-state index >= 15 is 0 Å². The molecule has 19 heavy (non-hydrogen) atoms. The second-order valence-electron chi connectivity index (χ2n) is 4.41. The van der Waals surface area contributed by atoms with E-state index in [1.807, 2.05) is 40.6 Å². The molecule has 0 saturated carbocycles. The van der Waals surface area contributed by atoms with Gasteiger partial charge in [-0.25, -0.2) is 9.97 Å². The van der Waals surface area contributed by atoms with Gasteiger partial charge < -0.3 is 14.9 Å². The largest absolute Gasteiger partial charge is 0.335 e. The van der Waals surface area contributed by atoms with Crippen molar-refractivity contribution in [3.63, 3.8) is 0 Å². The van der Waals surface area contributed by atoms with Gasteiger partial charge in [0, 0.05) is 31.4 Å². The third-order valence-electron chi connectivity index (χ3n) is 3.09. The van der Waals surface area contributed by atoms with Crippen molar-refractivity contribution in [2.75, 3.05) is 6.54 Å². The average molecular weight is 276 g/mol. The highest BCUT2D eigenvalue weighted by molar-refractivity contribution is 6.31. The summed E-state index contributed by atoms with van der Waals surface area (Å²) in [6.07, 6.45) is 3.73. The summed E-state index contributed by atoms with van der Waals surface area (Å²) >= 11 is 6.02. The lowest BCUT2D eigenvalue weighted by Crippen LogP contribution is -2.07. The van der Waals surface area contributed by atoms with E-state index in [9.17, 15) is 0 Å². The van der Waals surface area contributed by atoms with Crippen molar-refractivity contribution >= 4 is 22.6 Å². The molecule has 0 bridgehead atoms. The number of hydrogen-bond acceptors (Lipinski definition) is 3. The SMILES string of the molecule is Cn1c(-c2cn(CCN)cn2)nc2ccc(Cl)cc21. The second-order valence-corrected chi connectivity index (χ2v) is 4.85. The topological polar surface area (TPSA) is 61.7 Å². The van der Waals surface area contributed by atoms with Gasteiger partial charge >= 0.3 is 0 Å². The van der Waals surface area contributed by atoms with E-state index in [2.05, 4.69) is 9.97 Å². The summed E-state index contributed by atoms with van der Waals surface area (Å²) in [5, 5.41) is 0.704. The van der Waals surface area contributed by atoms with Gasteiger partial charge in [0.05, 0.1) is 17.4 Å². The molecule has 0 amide bonds. The van der Waals surface area contributed by atoms with Crippen molar-refractivity contribution in [2.24, 2.45) is 12.8 Å². The Morgan fingerprint density at radius 2 is 2.21 bits per heavy atom. The van der Waals surface area contributed by atoms with Crippen molar-refractivity contribution in [3.8, 4) is 11.5 Å². The molecule has 2 heterocycles. The molecule has 98 valence electrons. The highest BCUT2D eigenvalue weighted by Crippen LogP contribution is 2.24. The summed E-state index contributed by atoms with van der Waals surface area (Å²) < 4.78 is 3.96. The quantitative estimate of drug-likeness (QED) is 0.796. The van der Waals surface area contributed by atoms with Crippen molar-refractivity contribution in [3.05, 3.63) is 35.7 Å². The first-order chi connectivity index (χ1) is 9.19. The Kier molecular flexibility index (Phi) is 3.00. The molecule has 0 unspecified atom stereocenters. The van der Waals surface area contributed by atoms with Crippen LogP contribution in [-0.4, -0.2) is 25.6 Å². The summed E-state index contributed by atoms with van der Waals surface area (Å²) in [6, 6.07) is 5.66. The van der Waals surface area contributed by atoms with Crippen molar-refractivity contribution in [1.29, 1.82) is 0 Å². The number of nitrogens with two attached hydrogens (primary N) is 1. The van der Waals surface area contributed by atoms with E-state index in [4.69, 9.17) is 17.3 Å². The van der Waals surface area contributed by atoms with Crippen LogP contribution in [0.5, 0.6) is 0 Å². The maximum Gasteiger partial charge on any atom is 0.161 e. The molecule has 0 spiro atoms. The Balaban J connectivity index is 2.11. The average Bonchev–Trinajstić information content (AvgIpc) is 2.96. The van der Waals surface area contributed by atoms with Crippen LogP contribution in [0.3, 0.4) is 0 Å². The minimum Gasteiger partial charge on any atom is -0.335 e. The van der Waals surface area contributed by atoms with Crippen LogP contribution in [0.25, 0.3) is 22.6 Å². The van der Waals surface area contributed by atoms with Crippen molar-refractivity contribution in [2.45, 2.75) is 6.54 Å². The lowest BCUT2D eigenvalue weighted by atomic mass is 10.3. The smallest absolute Gasteiger partial charge is 0.161 e. The number of hydrogen-bond donors (Lipinski definition) is 1. The lowest BCUT2D eigenvalue weighted by Gasteiger charge is -1.99. The first-order valence-electron chi connectivity index (χ1n) is 6.03. The van der Waals surface area contributed by atoms with Crippen LogP contribution in [0.4, 0.5) is 0 Å². The molecule has 2 N–H and O–H groups in total. The first-order valence-corrected chi connectivity index (χ1v) is 6.41. The molecule has 3 aromatic rings. The second kappa shape index (κ2) is 4.68. The van der Waals surface area contributed by atoms with E-state index < -0.39 is 0 Å². The molecule has 6 heteroatoms. The maximum atomic E-state index is 6.02. The van der Waals surface area contributed by atoms with Crippen LogP contribution in [0, 0.1) is 0 Å². The Hall–Kier alpha value is -1.85. The van der Waals surface area contributed by atoms with E-state index in [0.717, 1.165) is 29.1 Å². The summed E-state index contributed by atoms with van der Waals surface area (Å²) in [5.74, 6) is 0.827. The van der Waals surface area contributed by atoms with Crippen LogP contribution < -0.4 is 5.73 Å². The number of rotatable bonds is 3. The van der Waals surface area contributed by atoms with Crippen LogP contribution in [0.2, 0.25) is 5.02 Å². The Morgan fingerprint density at radius 1 is 1.37 bits per heavy atom. The highest BCUT2D eigenvalue weighted by Gasteiger charge is 2.12.